The molecule has 1 aromatic rings. The summed E-state index contributed by atoms with van der Waals surface area (Å²) in [5.41, 5.74) is 2.38. The van der Waals surface area contributed by atoms with Gasteiger partial charge >= 0.3 is 0 Å². The van der Waals surface area contributed by atoms with Gasteiger partial charge in [0.2, 0.25) is 5.91 Å². The SMILES string of the molecule is Cc1cc(Cl)ccc1/C=C1\CC(=O)NC1=O. The molecule has 1 aliphatic rings. The molecule has 0 atom stereocenters. The highest BCUT2D eigenvalue weighted by Crippen LogP contribution is 2.20. The summed E-state index contributed by atoms with van der Waals surface area (Å²) in [6.45, 7) is 1.91. The van der Waals surface area contributed by atoms with Crippen molar-refractivity contribution in [2.45, 2.75) is 13.3 Å². The number of imide groups is 1. The third-order valence-electron chi connectivity index (χ3n) is 2.46. The average molecular weight is 236 g/mol. The predicted molar refractivity (Wildman–Crippen MR) is 61.9 cm³/mol. The Morgan fingerprint density at radius 1 is 1.38 bits per heavy atom. The number of hydrogen-bond donors (Lipinski definition) is 1. The smallest absolute Gasteiger partial charge is 0.254 e. The van der Waals surface area contributed by atoms with E-state index in [0.717, 1.165) is 11.1 Å². The van der Waals surface area contributed by atoms with Gasteiger partial charge in [-0.25, -0.2) is 0 Å². The minimum Gasteiger partial charge on any atom is -0.292 e. The maximum absolute atomic E-state index is 11.3. The van der Waals surface area contributed by atoms with Gasteiger partial charge in [0, 0.05) is 10.6 Å². The molecule has 1 aliphatic heterocycles. The van der Waals surface area contributed by atoms with E-state index in [0.29, 0.717) is 10.6 Å². The van der Waals surface area contributed by atoms with Crippen LogP contribution in [0.4, 0.5) is 0 Å². The molecule has 3 nitrogen and oxygen atoms in total. The van der Waals surface area contributed by atoms with Crippen molar-refractivity contribution < 1.29 is 9.59 Å². The maximum atomic E-state index is 11.3. The van der Waals surface area contributed by atoms with E-state index < -0.39 is 0 Å². The molecule has 0 aliphatic carbocycles. The van der Waals surface area contributed by atoms with E-state index in [1.165, 1.54) is 0 Å². The topological polar surface area (TPSA) is 46.2 Å². The summed E-state index contributed by atoms with van der Waals surface area (Å²) in [7, 11) is 0. The Morgan fingerprint density at radius 2 is 2.12 bits per heavy atom. The first-order chi connectivity index (χ1) is 7.56. The lowest BCUT2D eigenvalue weighted by Crippen LogP contribution is -2.19. The third-order valence-corrected chi connectivity index (χ3v) is 2.69. The standard InChI is InChI=1S/C12H10ClNO2/c1-7-4-10(13)3-2-8(7)5-9-6-11(15)14-12(9)16/h2-5H,6H2,1H3,(H,14,15,16)/b9-5+. The van der Waals surface area contributed by atoms with E-state index in [1.54, 1.807) is 12.1 Å². The molecule has 0 saturated carbocycles. The fourth-order valence-electron chi connectivity index (χ4n) is 1.61. The van der Waals surface area contributed by atoms with Crippen molar-refractivity contribution in [1.82, 2.24) is 5.32 Å². The van der Waals surface area contributed by atoms with Gasteiger partial charge in [-0.1, -0.05) is 17.7 Å². The first kappa shape index (κ1) is 10.9. The van der Waals surface area contributed by atoms with Gasteiger partial charge in [0.25, 0.3) is 5.91 Å². The Kier molecular flexibility index (Phi) is 2.79. The average Bonchev–Trinajstić information content (AvgIpc) is 2.50. The fraction of sp³-hybridized carbons (Fsp3) is 0.167. The Morgan fingerprint density at radius 3 is 2.69 bits per heavy atom. The van der Waals surface area contributed by atoms with Crippen LogP contribution in [0, 0.1) is 6.92 Å². The third kappa shape index (κ3) is 2.14. The summed E-state index contributed by atoms with van der Waals surface area (Å²) >= 11 is 5.83. The second kappa shape index (κ2) is 4.10. The van der Waals surface area contributed by atoms with Gasteiger partial charge < -0.3 is 0 Å². The summed E-state index contributed by atoms with van der Waals surface area (Å²) in [5, 5.41) is 2.90. The minimum atomic E-state index is -0.306. The van der Waals surface area contributed by atoms with Gasteiger partial charge in [0.1, 0.15) is 0 Å². The summed E-state index contributed by atoms with van der Waals surface area (Å²) in [6.07, 6.45) is 1.88. The lowest BCUT2D eigenvalue weighted by molar-refractivity contribution is -0.124. The first-order valence-electron chi connectivity index (χ1n) is 4.87. The van der Waals surface area contributed by atoms with Crippen LogP contribution in [-0.4, -0.2) is 11.8 Å². The number of carbonyl (C=O) groups excluding carboxylic acids is 2. The van der Waals surface area contributed by atoms with Crippen molar-refractivity contribution in [3.8, 4) is 0 Å². The van der Waals surface area contributed by atoms with Crippen LogP contribution in [-0.2, 0) is 9.59 Å². The van der Waals surface area contributed by atoms with Crippen molar-refractivity contribution >= 4 is 29.5 Å². The molecule has 82 valence electrons. The van der Waals surface area contributed by atoms with Gasteiger partial charge in [0.05, 0.1) is 6.42 Å². The van der Waals surface area contributed by atoms with Gasteiger partial charge in [-0.05, 0) is 36.3 Å². The molecule has 0 unspecified atom stereocenters. The summed E-state index contributed by atoms with van der Waals surface area (Å²) in [4.78, 5) is 22.3. The Labute approximate surface area is 98.1 Å². The zero-order valence-corrected chi connectivity index (χ0v) is 9.47. The molecule has 0 radical (unpaired) electrons. The number of benzene rings is 1. The molecule has 16 heavy (non-hydrogen) atoms. The first-order valence-corrected chi connectivity index (χ1v) is 5.25. The second-order valence-electron chi connectivity index (χ2n) is 3.72. The van der Waals surface area contributed by atoms with Crippen LogP contribution in [0.2, 0.25) is 5.02 Å². The number of halogens is 1. The van der Waals surface area contributed by atoms with E-state index in [2.05, 4.69) is 5.32 Å². The number of amides is 2. The molecular formula is C12H10ClNO2. The minimum absolute atomic E-state index is 0.154. The molecule has 1 N–H and O–H groups in total. The Balaban J connectivity index is 2.36. The molecule has 0 bridgehead atoms. The maximum Gasteiger partial charge on any atom is 0.254 e. The van der Waals surface area contributed by atoms with Gasteiger partial charge in [-0.2, -0.15) is 0 Å². The van der Waals surface area contributed by atoms with Crippen molar-refractivity contribution in [1.29, 1.82) is 0 Å². The normalized spacial score (nSPS) is 18.0. The predicted octanol–water partition coefficient (Wildman–Crippen LogP) is 2.08. The quantitative estimate of drug-likeness (QED) is 0.598. The molecular weight excluding hydrogens is 226 g/mol. The molecule has 0 spiro atoms. The largest absolute Gasteiger partial charge is 0.292 e. The molecule has 1 heterocycles. The number of carbonyl (C=O) groups is 2. The zero-order chi connectivity index (χ0) is 11.7. The van der Waals surface area contributed by atoms with Crippen LogP contribution in [0.5, 0.6) is 0 Å². The number of rotatable bonds is 1. The van der Waals surface area contributed by atoms with E-state index in [1.807, 2.05) is 19.1 Å². The lowest BCUT2D eigenvalue weighted by Gasteiger charge is -2.01. The summed E-state index contributed by atoms with van der Waals surface area (Å²) < 4.78 is 0. The van der Waals surface area contributed by atoms with Gasteiger partial charge in [0.15, 0.2) is 0 Å². The van der Waals surface area contributed by atoms with Crippen molar-refractivity contribution in [2.75, 3.05) is 0 Å². The van der Waals surface area contributed by atoms with Crippen LogP contribution in [0.15, 0.2) is 23.8 Å². The van der Waals surface area contributed by atoms with Crippen LogP contribution >= 0.6 is 11.6 Å². The van der Waals surface area contributed by atoms with Crippen molar-refractivity contribution in [2.24, 2.45) is 0 Å². The Hall–Kier alpha value is -1.61. The second-order valence-corrected chi connectivity index (χ2v) is 4.16. The molecule has 2 amide bonds. The molecule has 1 fully saturated rings. The Bertz CT molecular complexity index is 506. The molecule has 1 saturated heterocycles. The number of hydrogen-bond acceptors (Lipinski definition) is 2. The van der Waals surface area contributed by atoms with Crippen LogP contribution in [0.25, 0.3) is 6.08 Å². The highest BCUT2D eigenvalue weighted by molar-refractivity contribution is 6.30. The lowest BCUT2D eigenvalue weighted by atomic mass is 10.0. The van der Waals surface area contributed by atoms with Gasteiger partial charge in [-0.15, -0.1) is 0 Å². The monoisotopic (exact) mass is 235 g/mol. The van der Waals surface area contributed by atoms with Crippen LogP contribution in [0.3, 0.4) is 0 Å². The number of nitrogens with one attached hydrogen (secondary N) is 1. The van der Waals surface area contributed by atoms with E-state index in [9.17, 15) is 9.59 Å². The van der Waals surface area contributed by atoms with E-state index in [-0.39, 0.29) is 18.2 Å². The van der Waals surface area contributed by atoms with E-state index >= 15 is 0 Å². The van der Waals surface area contributed by atoms with Crippen LogP contribution < -0.4 is 5.32 Å². The highest BCUT2D eigenvalue weighted by Gasteiger charge is 2.23. The summed E-state index contributed by atoms with van der Waals surface area (Å²) in [5.74, 6) is -0.554. The fourth-order valence-corrected chi connectivity index (χ4v) is 1.84. The molecule has 2 rings (SSSR count). The van der Waals surface area contributed by atoms with Crippen molar-refractivity contribution in [3.63, 3.8) is 0 Å². The number of aryl methyl sites for hydroxylation is 1. The molecule has 0 aromatic heterocycles. The molecule has 1 aromatic carbocycles. The zero-order valence-electron chi connectivity index (χ0n) is 8.71. The highest BCUT2D eigenvalue weighted by atomic mass is 35.5. The van der Waals surface area contributed by atoms with Crippen LogP contribution in [0.1, 0.15) is 17.5 Å². The van der Waals surface area contributed by atoms with E-state index in [4.69, 9.17) is 11.6 Å². The summed E-state index contributed by atoms with van der Waals surface area (Å²) in [6, 6.07) is 5.42. The van der Waals surface area contributed by atoms with Crippen molar-refractivity contribution in [3.05, 3.63) is 39.9 Å². The molecule has 4 heteroatoms. The van der Waals surface area contributed by atoms with Gasteiger partial charge in [-0.3, -0.25) is 14.9 Å².